The number of aryl methyl sites for hydroxylation is 2. The molecule has 0 bridgehead atoms. The quantitative estimate of drug-likeness (QED) is 0.888. The Labute approximate surface area is 139 Å². The number of nitrogens with zero attached hydrogens (tertiary/aromatic N) is 1. The van der Waals surface area contributed by atoms with Crippen molar-refractivity contribution >= 4 is 5.91 Å². The molecule has 0 fully saturated rings. The van der Waals surface area contributed by atoms with Crippen molar-refractivity contribution in [1.82, 2.24) is 10.2 Å². The summed E-state index contributed by atoms with van der Waals surface area (Å²) in [5, 5.41) is 3.07. The van der Waals surface area contributed by atoms with Crippen LogP contribution in [0.2, 0.25) is 0 Å². The smallest absolute Gasteiger partial charge is 0.251 e. The van der Waals surface area contributed by atoms with Crippen LogP contribution in [-0.2, 0) is 6.42 Å². The summed E-state index contributed by atoms with van der Waals surface area (Å²) in [7, 11) is 4.10. The monoisotopic (exact) mass is 310 g/mol. The number of rotatable bonds is 6. The molecule has 0 aromatic heterocycles. The zero-order valence-corrected chi connectivity index (χ0v) is 14.5. The lowest BCUT2D eigenvalue weighted by molar-refractivity contribution is 0.0941. The van der Waals surface area contributed by atoms with Gasteiger partial charge in [0.15, 0.2) is 0 Å². The van der Waals surface area contributed by atoms with E-state index in [9.17, 15) is 4.79 Å². The molecular weight excluding hydrogens is 284 g/mol. The van der Waals surface area contributed by atoms with Crippen molar-refractivity contribution < 1.29 is 4.79 Å². The molecule has 3 heteroatoms. The topological polar surface area (TPSA) is 32.3 Å². The minimum Gasteiger partial charge on any atom is -0.350 e. The molecule has 0 aliphatic heterocycles. The van der Waals surface area contributed by atoms with Gasteiger partial charge in [-0.25, -0.2) is 0 Å². The van der Waals surface area contributed by atoms with Gasteiger partial charge in [0.1, 0.15) is 0 Å². The first kappa shape index (κ1) is 17.2. The number of hydrogen-bond donors (Lipinski definition) is 1. The van der Waals surface area contributed by atoms with Crippen LogP contribution in [0.1, 0.15) is 27.0 Å². The molecule has 0 spiro atoms. The third-order valence-electron chi connectivity index (χ3n) is 4.03. The molecule has 1 unspecified atom stereocenters. The third-order valence-corrected chi connectivity index (χ3v) is 4.03. The number of nitrogens with one attached hydrogen (secondary N) is 1. The lowest BCUT2D eigenvalue weighted by Crippen LogP contribution is -2.41. The standard InChI is InChI=1S/C20H26N2O/c1-15-10-16(2)12-18(11-15)20(23)21-14-19(22(3)4)13-17-8-6-5-7-9-17/h5-12,19H,13-14H2,1-4H3,(H,21,23). The Bertz CT molecular complexity index is 630. The van der Waals surface area contributed by atoms with Crippen LogP contribution in [0.4, 0.5) is 0 Å². The average Bonchev–Trinajstić information content (AvgIpc) is 2.50. The maximum absolute atomic E-state index is 12.4. The normalized spacial score (nSPS) is 12.2. The van der Waals surface area contributed by atoms with E-state index in [-0.39, 0.29) is 11.9 Å². The number of likely N-dealkylation sites (N-methyl/N-ethyl adjacent to an activating group) is 1. The Morgan fingerprint density at radius 3 is 2.22 bits per heavy atom. The Kier molecular flexibility index (Phi) is 5.94. The van der Waals surface area contributed by atoms with Gasteiger partial charge in [-0.1, -0.05) is 47.5 Å². The van der Waals surface area contributed by atoms with E-state index in [0.717, 1.165) is 23.1 Å². The highest BCUT2D eigenvalue weighted by Gasteiger charge is 2.14. The number of carbonyl (C=O) groups is 1. The van der Waals surface area contributed by atoms with Gasteiger partial charge in [0.25, 0.3) is 5.91 Å². The molecule has 1 atom stereocenters. The summed E-state index contributed by atoms with van der Waals surface area (Å²) >= 11 is 0. The molecule has 1 N–H and O–H groups in total. The largest absolute Gasteiger partial charge is 0.350 e. The van der Waals surface area contributed by atoms with Gasteiger partial charge in [0.2, 0.25) is 0 Å². The molecule has 122 valence electrons. The molecule has 0 saturated heterocycles. The Balaban J connectivity index is 1.99. The van der Waals surface area contributed by atoms with Gasteiger partial charge in [-0.2, -0.15) is 0 Å². The molecule has 0 heterocycles. The lowest BCUT2D eigenvalue weighted by atomic mass is 10.0. The van der Waals surface area contributed by atoms with E-state index in [1.54, 1.807) is 0 Å². The van der Waals surface area contributed by atoms with E-state index >= 15 is 0 Å². The Morgan fingerprint density at radius 1 is 1.04 bits per heavy atom. The number of benzene rings is 2. The zero-order valence-electron chi connectivity index (χ0n) is 14.5. The van der Waals surface area contributed by atoms with Gasteiger partial charge in [-0.3, -0.25) is 4.79 Å². The first-order valence-corrected chi connectivity index (χ1v) is 8.02. The molecule has 2 aromatic rings. The van der Waals surface area contributed by atoms with Gasteiger partial charge >= 0.3 is 0 Å². The molecular formula is C20H26N2O. The van der Waals surface area contributed by atoms with Crippen LogP contribution < -0.4 is 5.32 Å². The van der Waals surface area contributed by atoms with Crippen LogP contribution in [0.15, 0.2) is 48.5 Å². The maximum atomic E-state index is 12.4. The van der Waals surface area contributed by atoms with Crippen LogP contribution >= 0.6 is 0 Å². The van der Waals surface area contributed by atoms with Crippen molar-refractivity contribution in [3.63, 3.8) is 0 Å². The average molecular weight is 310 g/mol. The predicted molar refractivity (Wildman–Crippen MR) is 95.9 cm³/mol. The lowest BCUT2D eigenvalue weighted by Gasteiger charge is -2.25. The third kappa shape index (κ3) is 5.22. The van der Waals surface area contributed by atoms with Crippen molar-refractivity contribution in [3.05, 3.63) is 70.8 Å². The van der Waals surface area contributed by atoms with Crippen molar-refractivity contribution in [3.8, 4) is 0 Å². The summed E-state index contributed by atoms with van der Waals surface area (Å²) in [5.74, 6) is -0.00304. The first-order chi connectivity index (χ1) is 11.0. The molecule has 23 heavy (non-hydrogen) atoms. The minimum absolute atomic E-state index is 0.00304. The van der Waals surface area contributed by atoms with Crippen LogP contribution in [0.25, 0.3) is 0 Å². The van der Waals surface area contributed by atoms with E-state index in [2.05, 4.69) is 54.6 Å². The molecule has 0 saturated carbocycles. The van der Waals surface area contributed by atoms with Gasteiger partial charge < -0.3 is 10.2 Å². The highest BCUT2D eigenvalue weighted by molar-refractivity contribution is 5.94. The second-order valence-corrected chi connectivity index (χ2v) is 6.39. The summed E-state index contributed by atoms with van der Waals surface area (Å²) in [5.41, 5.74) is 4.25. The molecule has 1 amide bonds. The van der Waals surface area contributed by atoms with Crippen LogP contribution in [0.3, 0.4) is 0 Å². The second kappa shape index (κ2) is 7.93. The van der Waals surface area contributed by atoms with E-state index in [4.69, 9.17) is 0 Å². The van der Waals surface area contributed by atoms with Gasteiger partial charge in [0.05, 0.1) is 0 Å². The summed E-state index contributed by atoms with van der Waals surface area (Å²) < 4.78 is 0. The highest BCUT2D eigenvalue weighted by atomic mass is 16.1. The second-order valence-electron chi connectivity index (χ2n) is 6.39. The van der Waals surface area contributed by atoms with Crippen molar-refractivity contribution in [2.45, 2.75) is 26.3 Å². The highest BCUT2D eigenvalue weighted by Crippen LogP contribution is 2.10. The number of carbonyl (C=O) groups excluding carboxylic acids is 1. The summed E-state index contributed by atoms with van der Waals surface area (Å²) in [6, 6.07) is 16.6. The van der Waals surface area contributed by atoms with Crippen molar-refractivity contribution in [1.29, 1.82) is 0 Å². The maximum Gasteiger partial charge on any atom is 0.251 e. The van der Waals surface area contributed by atoms with E-state index in [1.165, 1.54) is 5.56 Å². The summed E-state index contributed by atoms with van der Waals surface area (Å²) in [6.45, 7) is 4.66. The molecule has 0 aliphatic carbocycles. The van der Waals surface area contributed by atoms with Gasteiger partial charge in [-0.05, 0) is 52.1 Å². The van der Waals surface area contributed by atoms with Crippen LogP contribution in [-0.4, -0.2) is 37.5 Å². The number of amides is 1. The molecule has 2 aromatic carbocycles. The fourth-order valence-corrected chi connectivity index (χ4v) is 2.74. The number of hydrogen-bond acceptors (Lipinski definition) is 2. The fraction of sp³-hybridized carbons (Fsp3) is 0.350. The fourth-order valence-electron chi connectivity index (χ4n) is 2.74. The van der Waals surface area contributed by atoms with Gasteiger partial charge in [-0.15, -0.1) is 0 Å². The molecule has 3 nitrogen and oxygen atoms in total. The minimum atomic E-state index is -0.00304. The first-order valence-electron chi connectivity index (χ1n) is 8.02. The zero-order chi connectivity index (χ0) is 16.8. The Hall–Kier alpha value is -2.13. The summed E-state index contributed by atoms with van der Waals surface area (Å²) in [4.78, 5) is 14.6. The van der Waals surface area contributed by atoms with Crippen LogP contribution in [0, 0.1) is 13.8 Å². The molecule has 2 rings (SSSR count). The van der Waals surface area contributed by atoms with Crippen molar-refractivity contribution in [2.75, 3.05) is 20.6 Å². The van der Waals surface area contributed by atoms with E-state index < -0.39 is 0 Å². The summed E-state index contributed by atoms with van der Waals surface area (Å²) in [6.07, 6.45) is 0.918. The predicted octanol–water partition coefficient (Wildman–Crippen LogP) is 3.21. The SMILES string of the molecule is Cc1cc(C)cc(C(=O)NCC(Cc2ccccc2)N(C)C)c1. The van der Waals surface area contributed by atoms with Crippen LogP contribution in [0.5, 0.6) is 0 Å². The van der Waals surface area contributed by atoms with E-state index in [0.29, 0.717) is 6.54 Å². The van der Waals surface area contributed by atoms with Crippen molar-refractivity contribution in [2.24, 2.45) is 0 Å². The Morgan fingerprint density at radius 2 is 1.65 bits per heavy atom. The van der Waals surface area contributed by atoms with Gasteiger partial charge in [0, 0.05) is 18.2 Å². The molecule has 0 radical (unpaired) electrons. The molecule has 0 aliphatic rings. The van der Waals surface area contributed by atoms with E-state index in [1.807, 2.05) is 32.0 Å².